The van der Waals surface area contributed by atoms with Crippen molar-refractivity contribution in [2.45, 2.75) is 46.1 Å². The molecule has 1 aromatic carbocycles. The molecule has 0 atom stereocenters. The van der Waals surface area contributed by atoms with Crippen LogP contribution in [-0.4, -0.2) is 44.3 Å². The van der Waals surface area contributed by atoms with Crippen molar-refractivity contribution in [3.8, 4) is 5.75 Å². The molecule has 0 amide bonds. The van der Waals surface area contributed by atoms with Crippen molar-refractivity contribution >= 4 is 35.9 Å². The van der Waals surface area contributed by atoms with Crippen molar-refractivity contribution in [3.63, 3.8) is 0 Å². The molecular formula is C19H30IN3O3. The summed E-state index contributed by atoms with van der Waals surface area (Å²) in [6.07, 6.45) is 2.11. The van der Waals surface area contributed by atoms with Gasteiger partial charge in [-0.25, -0.2) is 0 Å². The van der Waals surface area contributed by atoms with E-state index in [4.69, 9.17) is 9.47 Å². The molecule has 0 aromatic heterocycles. The van der Waals surface area contributed by atoms with Crippen LogP contribution < -0.4 is 15.4 Å². The molecular weight excluding hydrogens is 445 g/mol. The third-order valence-electron chi connectivity index (χ3n) is 3.76. The topological polar surface area (TPSA) is 72.0 Å². The third-order valence-corrected chi connectivity index (χ3v) is 3.76. The zero-order valence-corrected chi connectivity index (χ0v) is 18.2. The number of aliphatic imine (C=N–C) groups is 1. The molecule has 0 spiro atoms. The lowest BCUT2D eigenvalue weighted by molar-refractivity contribution is -0.147. The van der Waals surface area contributed by atoms with Crippen LogP contribution in [0.5, 0.6) is 5.75 Å². The Labute approximate surface area is 173 Å². The number of carbonyl (C=O) groups excluding carboxylic acids is 1. The first-order valence-electron chi connectivity index (χ1n) is 9.04. The Balaban J connectivity index is 0.00000338. The maximum Gasteiger partial charge on any atom is 0.307 e. The fourth-order valence-corrected chi connectivity index (χ4v) is 2.64. The van der Waals surface area contributed by atoms with E-state index in [0.717, 1.165) is 44.2 Å². The van der Waals surface area contributed by atoms with Gasteiger partial charge in [0.25, 0.3) is 0 Å². The summed E-state index contributed by atoms with van der Waals surface area (Å²) in [6.45, 7) is 8.46. The number of hydrogen-bond acceptors (Lipinski definition) is 4. The standard InChI is InChI=1S/C19H29N3O3.HI/c1-4-20-19(22-11-8-18(23)25-14(2)3)21-10-7-15-5-6-17-16(13-15)9-12-24-17;/h5-6,13-14H,4,7-12H2,1-3H3,(H2,20,21,22);1H. The average molecular weight is 475 g/mol. The zero-order valence-electron chi connectivity index (χ0n) is 15.8. The zero-order chi connectivity index (χ0) is 18.1. The molecule has 0 bridgehead atoms. The highest BCUT2D eigenvalue weighted by Crippen LogP contribution is 2.25. The van der Waals surface area contributed by atoms with Crippen molar-refractivity contribution < 1.29 is 14.3 Å². The minimum Gasteiger partial charge on any atom is -0.493 e. The number of fused-ring (bicyclic) bond motifs is 1. The van der Waals surface area contributed by atoms with E-state index < -0.39 is 0 Å². The first-order chi connectivity index (χ1) is 12.1. The Morgan fingerprint density at radius 2 is 2.15 bits per heavy atom. The number of hydrogen-bond donors (Lipinski definition) is 2. The lowest BCUT2D eigenvalue weighted by Crippen LogP contribution is -2.38. The van der Waals surface area contributed by atoms with E-state index in [0.29, 0.717) is 13.0 Å². The van der Waals surface area contributed by atoms with Gasteiger partial charge in [0.1, 0.15) is 5.75 Å². The van der Waals surface area contributed by atoms with Crippen LogP contribution in [-0.2, 0) is 22.4 Å². The second-order valence-corrected chi connectivity index (χ2v) is 6.27. The average Bonchev–Trinajstić information content (AvgIpc) is 3.02. The predicted molar refractivity (Wildman–Crippen MR) is 115 cm³/mol. The molecule has 26 heavy (non-hydrogen) atoms. The minimum absolute atomic E-state index is 0. The number of guanidine groups is 1. The summed E-state index contributed by atoms with van der Waals surface area (Å²) >= 11 is 0. The number of carbonyl (C=O) groups is 1. The molecule has 0 unspecified atom stereocenters. The quantitative estimate of drug-likeness (QED) is 0.262. The molecule has 0 radical (unpaired) electrons. The van der Waals surface area contributed by atoms with Crippen LogP contribution in [0.25, 0.3) is 0 Å². The SMILES string of the molecule is CCNC(=NCCC(=O)OC(C)C)NCCc1ccc2c(c1)CCO2.I. The number of esters is 1. The normalized spacial score (nSPS) is 12.8. The van der Waals surface area contributed by atoms with Crippen LogP contribution in [0, 0.1) is 0 Å². The van der Waals surface area contributed by atoms with Crippen molar-refractivity contribution in [3.05, 3.63) is 29.3 Å². The number of rotatable bonds is 8. The second-order valence-electron chi connectivity index (χ2n) is 6.27. The summed E-state index contributed by atoms with van der Waals surface area (Å²) in [6, 6.07) is 6.38. The molecule has 6 nitrogen and oxygen atoms in total. The van der Waals surface area contributed by atoms with Crippen molar-refractivity contribution in [1.29, 1.82) is 0 Å². The van der Waals surface area contributed by atoms with Gasteiger partial charge in [0.05, 0.1) is 25.7 Å². The van der Waals surface area contributed by atoms with Crippen LogP contribution in [0.2, 0.25) is 0 Å². The third kappa shape index (κ3) is 7.80. The number of nitrogens with zero attached hydrogens (tertiary/aromatic N) is 1. The number of nitrogens with one attached hydrogen (secondary N) is 2. The molecule has 1 aliphatic rings. The predicted octanol–water partition coefficient (Wildman–Crippen LogP) is 2.68. The summed E-state index contributed by atoms with van der Waals surface area (Å²) in [5.74, 6) is 1.53. The molecule has 146 valence electrons. The largest absolute Gasteiger partial charge is 0.493 e. The Kier molecular flexibility index (Phi) is 10.4. The van der Waals surface area contributed by atoms with Crippen LogP contribution in [0.3, 0.4) is 0 Å². The number of ether oxygens (including phenoxy) is 2. The summed E-state index contributed by atoms with van der Waals surface area (Å²) in [5.41, 5.74) is 2.58. The maximum absolute atomic E-state index is 11.5. The van der Waals surface area contributed by atoms with Gasteiger partial charge in [-0.3, -0.25) is 9.79 Å². The van der Waals surface area contributed by atoms with Gasteiger partial charge in [0.2, 0.25) is 0 Å². The Bertz CT molecular complexity index is 606. The Hall–Kier alpha value is -1.51. The minimum atomic E-state index is -0.213. The van der Waals surface area contributed by atoms with Gasteiger partial charge in [-0.2, -0.15) is 0 Å². The number of halogens is 1. The monoisotopic (exact) mass is 475 g/mol. The highest BCUT2D eigenvalue weighted by molar-refractivity contribution is 14.0. The Morgan fingerprint density at radius 3 is 2.88 bits per heavy atom. The van der Waals surface area contributed by atoms with E-state index in [-0.39, 0.29) is 36.0 Å². The smallest absolute Gasteiger partial charge is 0.307 e. The molecule has 0 saturated carbocycles. The van der Waals surface area contributed by atoms with Gasteiger partial charge in [-0.1, -0.05) is 12.1 Å². The summed E-state index contributed by atoms with van der Waals surface area (Å²) in [4.78, 5) is 16.0. The van der Waals surface area contributed by atoms with Crippen molar-refractivity contribution in [1.82, 2.24) is 10.6 Å². The lowest BCUT2D eigenvalue weighted by Gasteiger charge is -2.12. The first kappa shape index (κ1) is 22.5. The van der Waals surface area contributed by atoms with Crippen molar-refractivity contribution in [2.75, 3.05) is 26.2 Å². The molecule has 2 rings (SSSR count). The molecule has 0 aliphatic carbocycles. The lowest BCUT2D eigenvalue weighted by atomic mass is 10.1. The highest BCUT2D eigenvalue weighted by Gasteiger charge is 2.11. The van der Waals surface area contributed by atoms with E-state index in [1.165, 1.54) is 11.1 Å². The van der Waals surface area contributed by atoms with E-state index in [2.05, 4.69) is 33.8 Å². The second kappa shape index (κ2) is 12.0. The number of benzene rings is 1. The molecule has 0 saturated heterocycles. The molecule has 1 heterocycles. The molecule has 1 aromatic rings. The van der Waals surface area contributed by atoms with Crippen LogP contribution in [0.1, 0.15) is 38.3 Å². The van der Waals surface area contributed by atoms with E-state index in [1.54, 1.807) is 0 Å². The van der Waals surface area contributed by atoms with Crippen LogP contribution in [0.15, 0.2) is 23.2 Å². The Morgan fingerprint density at radius 1 is 1.35 bits per heavy atom. The molecule has 7 heteroatoms. The summed E-state index contributed by atoms with van der Waals surface area (Å²) < 4.78 is 10.6. The van der Waals surface area contributed by atoms with Gasteiger partial charge in [-0.15, -0.1) is 24.0 Å². The first-order valence-corrected chi connectivity index (χ1v) is 9.04. The molecule has 1 aliphatic heterocycles. The van der Waals surface area contributed by atoms with Crippen LogP contribution in [0.4, 0.5) is 0 Å². The van der Waals surface area contributed by atoms with E-state index in [9.17, 15) is 4.79 Å². The molecule has 0 fully saturated rings. The fraction of sp³-hybridized carbons (Fsp3) is 0.579. The van der Waals surface area contributed by atoms with Gasteiger partial charge < -0.3 is 20.1 Å². The van der Waals surface area contributed by atoms with Gasteiger partial charge >= 0.3 is 5.97 Å². The van der Waals surface area contributed by atoms with Crippen molar-refractivity contribution in [2.24, 2.45) is 4.99 Å². The van der Waals surface area contributed by atoms with Gasteiger partial charge in [-0.05, 0) is 44.4 Å². The maximum atomic E-state index is 11.5. The highest BCUT2D eigenvalue weighted by atomic mass is 127. The molecule has 2 N–H and O–H groups in total. The van der Waals surface area contributed by atoms with E-state index >= 15 is 0 Å². The summed E-state index contributed by atoms with van der Waals surface area (Å²) in [5, 5.41) is 6.50. The van der Waals surface area contributed by atoms with E-state index in [1.807, 2.05) is 20.8 Å². The van der Waals surface area contributed by atoms with Gasteiger partial charge in [0, 0.05) is 19.5 Å². The van der Waals surface area contributed by atoms with Gasteiger partial charge in [0.15, 0.2) is 5.96 Å². The fourth-order valence-electron chi connectivity index (χ4n) is 2.64. The summed E-state index contributed by atoms with van der Waals surface area (Å²) in [7, 11) is 0. The van der Waals surface area contributed by atoms with Crippen LogP contribution >= 0.6 is 24.0 Å².